The van der Waals surface area contributed by atoms with Crippen molar-refractivity contribution in [1.82, 2.24) is 9.62 Å². The first-order valence-corrected chi connectivity index (χ1v) is 12.3. The number of methoxy groups -OCH3 is 1. The Morgan fingerprint density at radius 2 is 1.94 bits per heavy atom. The minimum absolute atomic E-state index is 0.00757. The number of ether oxygens (including phenoxy) is 1. The Labute approximate surface area is 200 Å². The van der Waals surface area contributed by atoms with E-state index in [-0.39, 0.29) is 11.4 Å². The van der Waals surface area contributed by atoms with E-state index in [0.717, 1.165) is 49.5 Å². The average molecular weight is 464 g/mol. The van der Waals surface area contributed by atoms with Crippen LogP contribution in [0.15, 0.2) is 72.8 Å². The summed E-state index contributed by atoms with van der Waals surface area (Å²) in [5.74, 6) is 0.710. The summed E-state index contributed by atoms with van der Waals surface area (Å²) in [5.41, 5.74) is 4.55. The van der Waals surface area contributed by atoms with Crippen molar-refractivity contribution in [2.45, 2.75) is 37.9 Å². The maximum atomic E-state index is 13.9. The summed E-state index contributed by atoms with van der Waals surface area (Å²) in [6.45, 7) is 5.16. The molecule has 3 aromatic carbocycles. The third kappa shape index (κ3) is 4.47. The van der Waals surface area contributed by atoms with Crippen LogP contribution in [-0.4, -0.2) is 36.7 Å². The van der Waals surface area contributed by atoms with Crippen molar-refractivity contribution in [3.05, 3.63) is 84.2 Å². The Kier molecular flexibility index (Phi) is 6.32. The molecule has 6 heteroatoms. The van der Waals surface area contributed by atoms with Crippen LogP contribution < -0.4 is 13.8 Å². The Hall–Kier alpha value is -2.54. The highest BCUT2D eigenvalue weighted by Gasteiger charge is 2.46. The molecular formula is C27H30FN3OS. The molecule has 33 heavy (non-hydrogen) atoms. The Morgan fingerprint density at radius 1 is 1.09 bits per heavy atom. The van der Waals surface area contributed by atoms with Gasteiger partial charge < -0.3 is 4.74 Å². The molecule has 2 saturated heterocycles. The fourth-order valence-corrected chi connectivity index (χ4v) is 6.32. The first-order valence-electron chi connectivity index (χ1n) is 11.5. The zero-order chi connectivity index (χ0) is 22.8. The largest absolute Gasteiger partial charge is 0.496 e. The Balaban J connectivity index is 1.31. The summed E-state index contributed by atoms with van der Waals surface area (Å²) < 4.78 is 25.2. The molecular weight excluding hydrogens is 433 g/mol. The lowest BCUT2D eigenvalue weighted by Crippen LogP contribution is -2.56. The monoisotopic (exact) mass is 463 g/mol. The molecule has 0 amide bonds. The topological polar surface area (TPSA) is 27.7 Å². The highest BCUT2D eigenvalue weighted by atomic mass is 32.2. The van der Waals surface area contributed by atoms with E-state index < -0.39 is 0 Å². The molecule has 3 aromatic rings. The number of anilines is 1. The van der Waals surface area contributed by atoms with E-state index in [2.05, 4.69) is 57.2 Å². The van der Waals surface area contributed by atoms with Gasteiger partial charge >= 0.3 is 0 Å². The molecule has 0 aliphatic carbocycles. The molecule has 1 N–H and O–H groups in total. The maximum absolute atomic E-state index is 13.9. The number of rotatable bonds is 5. The number of benzene rings is 3. The Morgan fingerprint density at radius 3 is 2.76 bits per heavy atom. The van der Waals surface area contributed by atoms with Crippen LogP contribution in [0.3, 0.4) is 0 Å². The van der Waals surface area contributed by atoms with E-state index in [1.807, 2.05) is 18.2 Å². The van der Waals surface area contributed by atoms with Gasteiger partial charge in [0, 0.05) is 43.4 Å². The molecule has 4 nitrogen and oxygen atoms in total. The van der Waals surface area contributed by atoms with Gasteiger partial charge in [0.05, 0.1) is 18.3 Å². The van der Waals surface area contributed by atoms with Gasteiger partial charge in [0.2, 0.25) is 0 Å². The standard InChI is InChI=1S/C27H30FN3OS/c1-20-17-27(19-29-33-31(27)24-10-6-9-23(28)16-24)13-14-30(20)18-21-7-5-8-22(15-21)25-11-3-4-12-26(25)32-2/h3-12,15-16,20,29H,13-14,17-19H2,1-2H3/t20-,27+/m0/s1. The van der Waals surface area contributed by atoms with E-state index >= 15 is 0 Å². The summed E-state index contributed by atoms with van der Waals surface area (Å²) in [5, 5.41) is 0. The van der Waals surface area contributed by atoms with Gasteiger partial charge in [-0.3, -0.25) is 9.21 Å². The molecule has 2 atom stereocenters. The number of piperidine rings is 1. The second-order valence-electron chi connectivity index (χ2n) is 9.09. The molecule has 0 bridgehead atoms. The van der Waals surface area contributed by atoms with E-state index in [1.165, 1.54) is 17.2 Å². The molecule has 5 rings (SSSR count). The van der Waals surface area contributed by atoms with Gasteiger partial charge in [-0.2, -0.15) is 0 Å². The van der Waals surface area contributed by atoms with Crippen LogP contribution >= 0.6 is 12.1 Å². The van der Waals surface area contributed by atoms with Gasteiger partial charge in [0.15, 0.2) is 0 Å². The maximum Gasteiger partial charge on any atom is 0.126 e. The third-order valence-electron chi connectivity index (χ3n) is 6.92. The van der Waals surface area contributed by atoms with Crippen LogP contribution in [0.1, 0.15) is 25.3 Å². The number of hydrogen-bond donors (Lipinski definition) is 1. The molecule has 1 spiro atoms. The lowest BCUT2D eigenvalue weighted by atomic mass is 9.83. The lowest BCUT2D eigenvalue weighted by molar-refractivity contribution is 0.106. The van der Waals surface area contributed by atoms with Crippen molar-refractivity contribution in [3.8, 4) is 16.9 Å². The Bertz CT molecular complexity index is 1130. The summed E-state index contributed by atoms with van der Waals surface area (Å²) in [6, 6.07) is 24.3. The minimum atomic E-state index is -0.185. The number of halogens is 1. The minimum Gasteiger partial charge on any atom is -0.496 e. The summed E-state index contributed by atoms with van der Waals surface area (Å²) in [7, 11) is 1.72. The van der Waals surface area contributed by atoms with Crippen molar-refractivity contribution in [2.75, 3.05) is 24.5 Å². The lowest BCUT2D eigenvalue weighted by Gasteiger charge is -2.47. The normalized spacial score (nSPS) is 23.2. The summed E-state index contributed by atoms with van der Waals surface area (Å²) in [6.07, 6.45) is 2.08. The van der Waals surface area contributed by atoms with E-state index in [1.54, 1.807) is 31.4 Å². The van der Waals surface area contributed by atoms with Crippen LogP contribution in [0, 0.1) is 5.82 Å². The quantitative estimate of drug-likeness (QED) is 0.476. The van der Waals surface area contributed by atoms with Crippen LogP contribution in [0.5, 0.6) is 5.75 Å². The fourth-order valence-electron chi connectivity index (χ4n) is 5.22. The molecule has 2 aliphatic heterocycles. The van der Waals surface area contributed by atoms with Gasteiger partial charge in [0.25, 0.3) is 0 Å². The number of nitrogens with zero attached hydrogens (tertiary/aromatic N) is 2. The molecule has 2 heterocycles. The van der Waals surface area contributed by atoms with Gasteiger partial charge in [0.1, 0.15) is 11.6 Å². The van der Waals surface area contributed by atoms with Crippen molar-refractivity contribution >= 4 is 17.8 Å². The number of nitrogens with one attached hydrogen (secondary N) is 1. The van der Waals surface area contributed by atoms with Crippen molar-refractivity contribution in [2.24, 2.45) is 0 Å². The predicted octanol–water partition coefficient (Wildman–Crippen LogP) is 5.90. The van der Waals surface area contributed by atoms with E-state index in [4.69, 9.17) is 4.74 Å². The summed E-state index contributed by atoms with van der Waals surface area (Å²) in [4.78, 5) is 2.57. The van der Waals surface area contributed by atoms with Gasteiger partial charge in [-0.25, -0.2) is 9.11 Å². The van der Waals surface area contributed by atoms with Gasteiger partial charge in [-0.05, 0) is 61.2 Å². The molecule has 2 fully saturated rings. The molecule has 0 unspecified atom stereocenters. The van der Waals surface area contributed by atoms with Gasteiger partial charge in [-0.1, -0.05) is 42.5 Å². The van der Waals surface area contributed by atoms with Crippen molar-refractivity contribution < 1.29 is 9.13 Å². The molecule has 2 aliphatic rings. The van der Waals surface area contributed by atoms with Crippen LogP contribution in [0.25, 0.3) is 11.1 Å². The average Bonchev–Trinajstić information content (AvgIpc) is 3.24. The SMILES string of the molecule is COc1ccccc1-c1cccc(CN2CC[C@]3(CNSN3c3cccc(F)c3)C[C@@H]2C)c1. The van der Waals surface area contributed by atoms with E-state index in [0.29, 0.717) is 6.04 Å². The second-order valence-corrected chi connectivity index (χ2v) is 9.92. The number of hydrogen-bond acceptors (Lipinski definition) is 5. The van der Waals surface area contributed by atoms with E-state index in [9.17, 15) is 4.39 Å². The highest BCUT2D eigenvalue weighted by Crippen LogP contribution is 2.43. The van der Waals surface area contributed by atoms with Gasteiger partial charge in [-0.15, -0.1) is 0 Å². The number of para-hydroxylation sites is 1. The first kappa shape index (κ1) is 22.3. The highest BCUT2D eigenvalue weighted by molar-refractivity contribution is 7.99. The zero-order valence-electron chi connectivity index (χ0n) is 19.1. The van der Waals surface area contributed by atoms with Crippen molar-refractivity contribution in [3.63, 3.8) is 0 Å². The predicted molar refractivity (Wildman–Crippen MR) is 135 cm³/mol. The molecule has 0 radical (unpaired) electrons. The molecule has 172 valence electrons. The number of likely N-dealkylation sites (tertiary alicyclic amines) is 1. The first-order chi connectivity index (χ1) is 16.1. The fraction of sp³-hybridized carbons (Fsp3) is 0.333. The van der Waals surface area contributed by atoms with Crippen LogP contribution in [-0.2, 0) is 6.54 Å². The smallest absolute Gasteiger partial charge is 0.126 e. The van der Waals surface area contributed by atoms with Crippen LogP contribution in [0.2, 0.25) is 0 Å². The van der Waals surface area contributed by atoms with Crippen molar-refractivity contribution in [1.29, 1.82) is 0 Å². The summed E-state index contributed by atoms with van der Waals surface area (Å²) >= 11 is 1.61. The second kappa shape index (κ2) is 9.37. The molecule has 0 aromatic heterocycles. The zero-order valence-corrected chi connectivity index (χ0v) is 19.9. The molecule has 0 saturated carbocycles. The third-order valence-corrected chi connectivity index (χ3v) is 7.98. The van der Waals surface area contributed by atoms with Crippen LogP contribution in [0.4, 0.5) is 10.1 Å².